The highest BCUT2D eigenvalue weighted by Crippen LogP contribution is 2.39. The number of fused-ring (bicyclic) bond motifs is 2. The van der Waals surface area contributed by atoms with Gasteiger partial charge in [0, 0.05) is 17.6 Å². The maximum Gasteiger partial charge on any atom is 0.291 e. The fraction of sp³-hybridized carbons (Fsp3) is 0.304. The van der Waals surface area contributed by atoms with Crippen LogP contribution in [-0.2, 0) is 4.74 Å². The van der Waals surface area contributed by atoms with Crippen LogP contribution in [0.25, 0.3) is 11.0 Å². The fourth-order valence-electron chi connectivity index (χ4n) is 4.32. The van der Waals surface area contributed by atoms with Crippen LogP contribution in [0.1, 0.15) is 46.1 Å². The zero-order chi connectivity index (χ0) is 20.1. The Hall–Kier alpha value is -2.44. The average Bonchev–Trinajstić information content (AvgIpc) is 3.32. The number of ether oxygens (including phenoxy) is 1. The van der Waals surface area contributed by atoms with Crippen LogP contribution < -0.4 is 5.43 Å². The largest absolute Gasteiger partial charge is 0.450 e. The van der Waals surface area contributed by atoms with Crippen molar-refractivity contribution < 1.29 is 13.9 Å². The van der Waals surface area contributed by atoms with E-state index in [4.69, 9.17) is 9.15 Å². The molecule has 2 atom stereocenters. The van der Waals surface area contributed by atoms with Gasteiger partial charge in [-0.05, 0) is 49.6 Å². The Morgan fingerprint density at radius 2 is 1.93 bits per heavy atom. The molecule has 29 heavy (non-hydrogen) atoms. The number of carbonyl (C=O) groups excluding carboxylic acids is 1. The summed E-state index contributed by atoms with van der Waals surface area (Å²) in [7, 11) is 0. The van der Waals surface area contributed by atoms with Gasteiger partial charge in [-0.1, -0.05) is 39.7 Å². The first kappa shape index (κ1) is 18.6. The highest BCUT2D eigenvalue weighted by atomic mass is 79.9. The SMILES string of the molecule is Cc1ccc2oc3c(c(=O)c2c1)C(c1ccc(Br)cc1)N(CC1CCCO1)C3=O. The molecule has 0 aliphatic carbocycles. The second-order valence-electron chi connectivity index (χ2n) is 7.72. The number of benzene rings is 2. The van der Waals surface area contributed by atoms with Crippen molar-refractivity contribution in [1.29, 1.82) is 0 Å². The molecule has 0 spiro atoms. The molecule has 2 unspecified atom stereocenters. The highest BCUT2D eigenvalue weighted by molar-refractivity contribution is 9.10. The van der Waals surface area contributed by atoms with E-state index in [1.54, 1.807) is 11.0 Å². The Balaban J connectivity index is 1.71. The highest BCUT2D eigenvalue weighted by Gasteiger charge is 2.43. The fourth-order valence-corrected chi connectivity index (χ4v) is 4.59. The molecule has 2 aromatic carbocycles. The van der Waals surface area contributed by atoms with Crippen molar-refractivity contribution in [2.45, 2.75) is 31.9 Å². The average molecular weight is 454 g/mol. The number of halogens is 1. The van der Waals surface area contributed by atoms with E-state index in [0.29, 0.717) is 29.7 Å². The van der Waals surface area contributed by atoms with Gasteiger partial charge in [-0.3, -0.25) is 9.59 Å². The summed E-state index contributed by atoms with van der Waals surface area (Å²) < 4.78 is 12.7. The molecule has 0 radical (unpaired) electrons. The number of aryl methyl sites for hydroxylation is 1. The first-order valence-electron chi connectivity index (χ1n) is 9.78. The summed E-state index contributed by atoms with van der Waals surface area (Å²) in [6, 6.07) is 12.7. The van der Waals surface area contributed by atoms with Crippen LogP contribution in [0.3, 0.4) is 0 Å². The van der Waals surface area contributed by atoms with E-state index < -0.39 is 6.04 Å². The second kappa shape index (κ2) is 7.11. The minimum Gasteiger partial charge on any atom is -0.450 e. The van der Waals surface area contributed by atoms with E-state index >= 15 is 0 Å². The lowest BCUT2D eigenvalue weighted by Gasteiger charge is -2.27. The molecule has 1 amide bonds. The van der Waals surface area contributed by atoms with E-state index in [2.05, 4.69) is 15.9 Å². The van der Waals surface area contributed by atoms with Crippen LogP contribution in [0, 0.1) is 6.92 Å². The standard InChI is InChI=1S/C23H20BrNO4/c1-13-4-9-18-17(11-13)21(26)19-20(14-5-7-15(24)8-6-14)25(23(27)22(19)29-18)12-16-3-2-10-28-16/h4-9,11,16,20H,2-3,10,12H2,1H3. The lowest BCUT2D eigenvalue weighted by molar-refractivity contribution is 0.0486. The summed E-state index contributed by atoms with van der Waals surface area (Å²) in [5.41, 5.74) is 2.60. The zero-order valence-corrected chi connectivity index (χ0v) is 17.6. The molecule has 148 valence electrons. The van der Waals surface area contributed by atoms with Crippen molar-refractivity contribution >= 4 is 32.8 Å². The van der Waals surface area contributed by atoms with Crippen LogP contribution in [-0.4, -0.2) is 30.1 Å². The van der Waals surface area contributed by atoms with Crippen molar-refractivity contribution in [2.75, 3.05) is 13.2 Å². The molecular weight excluding hydrogens is 434 g/mol. The van der Waals surface area contributed by atoms with Crippen LogP contribution in [0.4, 0.5) is 0 Å². The molecule has 0 saturated carbocycles. The third kappa shape index (κ3) is 3.11. The van der Waals surface area contributed by atoms with Gasteiger partial charge in [-0.25, -0.2) is 0 Å². The molecule has 1 fully saturated rings. The number of rotatable bonds is 3. The quantitative estimate of drug-likeness (QED) is 0.581. The van der Waals surface area contributed by atoms with Gasteiger partial charge in [0.2, 0.25) is 5.76 Å². The van der Waals surface area contributed by atoms with E-state index in [1.165, 1.54) is 0 Å². The Kier molecular flexibility index (Phi) is 4.56. The molecule has 5 nitrogen and oxygen atoms in total. The van der Waals surface area contributed by atoms with Gasteiger partial charge in [0.05, 0.1) is 23.1 Å². The molecule has 0 bridgehead atoms. The maximum atomic E-state index is 13.5. The summed E-state index contributed by atoms with van der Waals surface area (Å²) in [5.74, 6) is -0.0970. The molecule has 0 N–H and O–H groups in total. The van der Waals surface area contributed by atoms with Gasteiger partial charge in [0.15, 0.2) is 5.43 Å². The predicted octanol–water partition coefficient (Wildman–Crippen LogP) is 4.59. The van der Waals surface area contributed by atoms with Crippen LogP contribution in [0.15, 0.2) is 56.1 Å². The van der Waals surface area contributed by atoms with E-state index in [-0.39, 0.29) is 23.2 Å². The monoisotopic (exact) mass is 453 g/mol. The minimum absolute atomic E-state index is 0.0158. The first-order chi connectivity index (χ1) is 14.0. The molecule has 3 heterocycles. The molecule has 6 heteroatoms. The van der Waals surface area contributed by atoms with Gasteiger partial charge in [-0.2, -0.15) is 0 Å². The summed E-state index contributed by atoms with van der Waals surface area (Å²) in [4.78, 5) is 28.5. The first-order valence-corrected chi connectivity index (χ1v) is 10.6. The molecule has 2 aliphatic heterocycles. The molecular formula is C23H20BrNO4. The normalized spacial score (nSPS) is 21.2. The molecule has 5 rings (SSSR count). The second-order valence-corrected chi connectivity index (χ2v) is 8.64. The van der Waals surface area contributed by atoms with E-state index in [0.717, 1.165) is 28.4 Å². The van der Waals surface area contributed by atoms with Crippen molar-refractivity contribution in [1.82, 2.24) is 4.90 Å². The Bertz CT molecular complexity index is 1160. The molecule has 2 aliphatic rings. The van der Waals surface area contributed by atoms with Crippen LogP contribution in [0.2, 0.25) is 0 Å². The van der Waals surface area contributed by atoms with E-state index in [1.807, 2.05) is 43.3 Å². The smallest absolute Gasteiger partial charge is 0.291 e. The lowest BCUT2D eigenvalue weighted by Crippen LogP contribution is -2.36. The number of amides is 1. The summed E-state index contributed by atoms with van der Waals surface area (Å²) in [6.45, 7) is 3.09. The van der Waals surface area contributed by atoms with Crippen molar-refractivity contribution in [3.8, 4) is 0 Å². The number of nitrogens with zero attached hydrogens (tertiary/aromatic N) is 1. The predicted molar refractivity (Wildman–Crippen MR) is 113 cm³/mol. The third-order valence-corrected chi connectivity index (χ3v) is 6.26. The third-order valence-electron chi connectivity index (χ3n) is 5.73. The topological polar surface area (TPSA) is 59.8 Å². The number of hydrogen-bond acceptors (Lipinski definition) is 4. The lowest BCUT2D eigenvalue weighted by atomic mass is 9.98. The molecule has 1 saturated heterocycles. The Morgan fingerprint density at radius 3 is 2.66 bits per heavy atom. The summed E-state index contributed by atoms with van der Waals surface area (Å²) in [6.07, 6.45) is 1.89. The summed E-state index contributed by atoms with van der Waals surface area (Å²) >= 11 is 3.46. The number of hydrogen-bond donors (Lipinski definition) is 0. The zero-order valence-electron chi connectivity index (χ0n) is 16.0. The van der Waals surface area contributed by atoms with Crippen LogP contribution >= 0.6 is 15.9 Å². The van der Waals surface area contributed by atoms with Gasteiger partial charge < -0.3 is 14.1 Å². The van der Waals surface area contributed by atoms with Gasteiger partial charge in [-0.15, -0.1) is 0 Å². The minimum atomic E-state index is -0.476. The Morgan fingerprint density at radius 1 is 1.14 bits per heavy atom. The van der Waals surface area contributed by atoms with Crippen LogP contribution in [0.5, 0.6) is 0 Å². The Labute approximate surface area is 176 Å². The molecule has 3 aromatic rings. The number of carbonyl (C=O) groups is 1. The maximum absolute atomic E-state index is 13.5. The van der Waals surface area contributed by atoms with Gasteiger partial charge in [0.1, 0.15) is 5.58 Å². The molecule has 1 aromatic heterocycles. The van der Waals surface area contributed by atoms with Crippen molar-refractivity contribution in [3.63, 3.8) is 0 Å². The van der Waals surface area contributed by atoms with E-state index in [9.17, 15) is 9.59 Å². The van der Waals surface area contributed by atoms with Gasteiger partial charge in [0.25, 0.3) is 5.91 Å². The summed E-state index contributed by atoms with van der Waals surface area (Å²) in [5, 5.41) is 0.512. The van der Waals surface area contributed by atoms with Gasteiger partial charge >= 0.3 is 0 Å². The van der Waals surface area contributed by atoms with Crippen molar-refractivity contribution in [2.24, 2.45) is 0 Å². The van der Waals surface area contributed by atoms with Crippen molar-refractivity contribution in [3.05, 3.63) is 79.6 Å².